The van der Waals surface area contributed by atoms with Crippen molar-refractivity contribution in [1.29, 1.82) is 0 Å². The number of fused-ring (bicyclic) bond motifs is 9. The third-order valence-electron chi connectivity index (χ3n) is 18.2. The molecule has 1 unspecified atom stereocenters. The zero-order chi connectivity index (χ0) is 53.1. The zero-order valence-corrected chi connectivity index (χ0v) is 45.0. The second kappa shape index (κ2) is 18.3. The molecule has 3 nitrogen and oxygen atoms in total. The topological polar surface area (TPSA) is 30.7 Å². The van der Waals surface area contributed by atoms with Gasteiger partial charge in [-0.2, -0.15) is 0 Å². The first-order chi connectivity index (χ1) is 39.4. The predicted octanol–water partition coefficient (Wildman–Crippen LogP) is 20.4. The average Bonchev–Trinajstić information content (AvgIpc) is 3.99. The van der Waals surface area contributed by atoms with Gasteiger partial charge in [-0.1, -0.05) is 190 Å². The molecule has 16 rings (SSSR count). The lowest BCUT2D eigenvalue weighted by Gasteiger charge is -2.35. The van der Waals surface area contributed by atoms with Crippen LogP contribution in [0.2, 0.25) is 0 Å². The number of hydrogen-bond donors (Lipinski definition) is 0. The molecule has 3 aromatic heterocycles. The van der Waals surface area contributed by atoms with Gasteiger partial charge in [0.15, 0.2) is 0 Å². The minimum atomic E-state index is -0.0815. The number of pyridine rings is 2. The first-order valence-electron chi connectivity index (χ1n) is 28.6. The van der Waals surface area contributed by atoms with Crippen molar-refractivity contribution in [3.8, 4) is 78.1 Å². The fraction of sp³-hybridized carbons (Fsp3) is 0.117. The highest BCUT2D eigenvalue weighted by Crippen LogP contribution is 2.53. The molecule has 380 valence electrons. The van der Waals surface area contributed by atoms with Crippen LogP contribution in [0.5, 0.6) is 0 Å². The first kappa shape index (κ1) is 46.6. The van der Waals surface area contributed by atoms with Gasteiger partial charge in [-0.05, 0) is 203 Å². The van der Waals surface area contributed by atoms with Crippen LogP contribution in [0.4, 0.5) is 0 Å². The van der Waals surface area contributed by atoms with Crippen LogP contribution in [-0.4, -0.2) is 14.5 Å². The summed E-state index contributed by atoms with van der Waals surface area (Å²) in [6.45, 7) is 4.73. The van der Waals surface area contributed by atoms with Gasteiger partial charge in [-0.25, -0.2) is 9.97 Å². The standard InChI is InChI=1S/C77H57N3/c1-77(2)68-32-13-12-27-59(68)65-46-56(36-39-69(65)77)75-62-30-11-10-29-61(62)74(55-24-15-21-49(43-55)48-18-4-3-5-19-48)63-38-35-51(44-67(63)75)50-22-14-23-53(42-50)70-33-16-34-71(79-70)54-37-40-72-66(45-54)64-31-17-41-78-76(64)80(72)73-47-52-20-6-7-25-57(52)58-26-8-9-28-60(58)73/h3-6,9-24,27-46,73H,7-8,25-26,47H2,1-2H3. The maximum atomic E-state index is 5.44. The summed E-state index contributed by atoms with van der Waals surface area (Å²) in [4.78, 5) is 10.5. The number of benzene rings is 9. The van der Waals surface area contributed by atoms with Crippen LogP contribution < -0.4 is 0 Å². The Morgan fingerprint density at radius 2 is 1.01 bits per heavy atom. The lowest BCUT2D eigenvalue weighted by Crippen LogP contribution is -2.21. The van der Waals surface area contributed by atoms with Gasteiger partial charge in [-0.15, -0.1) is 0 Å². The summed E-state index contributed by atoms with van der Waals surface area (Å²) in [5.74, 6) is 0. The van der Waals surface area contributed by atoms with Crippen LogP contribution in [0.1, 0.15) is 63.1 Å². The van der Waals surface area contributed by atoms with Crippen molar-refractivity contribution in [3.63, 3.8) is 0 Å². The Labute approximate surface area is 467 Å². The molecule has 0 amide bonds. The maximum Gasteiger partial charge on any atom is 0.141 e. The quantitative estimate of drug-likeness (QED) is 0.149. The van der Waals surface area contributed by atoms with Crippen LogP contribution in [0.15, 0.2) is 265 Å². The van der Waals surface area contributed by atoms with E-state index in [4.69, 9.17) is 9.97 Å². The van der Waals surface area contributed by atoms with Gasteiger partial charge in [0.25, 0.3) is 0 Å². The van der Waals surface area contributed by atoms with E-state index in [0.717, 1.165) is 71.4 Å². The zero-order valence-electron chi connectivity index (χ0n) is 45.0. The molecule has 12 aromatic rings. The molecule has 4 aliphatic rings. The largest absolute Gasteiger partial charge is 0.317 e. The monoisotopic (exact) mass is 1020 g/mol. The molecule has 3 heteroatoms. The van der Waals surface area contributed by atoms with Crippen molar-refractivity contribution < 1.29 is 0 Å². The molecule has 0 saturated carbocycles. The van der Waals surface area contributed by atoms with Crippen LogP contribution in [-0.2, 0) is 5.41 Å². The molecule has 3 heterocycles. The van der Waals surface area contributed by atoms with Crippen LogP contribution >= 0.6 is 0 Å². The van der Waals surface area contributed by atoms with Gasteiger partial charge in [0.2, 0.25) is 0 Å². The van der Waals surface area contributed by atoms with Crippen LogP contribution in [0, 0.1) is 0 Å². The van der Waals surface area contributed by atoms with Gasteiger partial charge in [0, 0.05) is 33.5 Å². The van der Waals surface area contributed by atoms with E-state index >= 15 is 0 Å². The normalized spacial score (nSPS) is 16.1. The molecule has 4 aliphatic carbocycles. The van der Waals surface area contributed by atoms with E-state index in [9.17, 15) is 0 Å². The van der Waals surface area contributed by atoms with Gasteiger partial charge in [0.1, 0.15) is 5.65 Å². The first-order valence-corrected chi connectivity index (χ1v) is 28.6. The van der Waals surface area contributed by atoms with Gasteiger partial charge in [-0.3, -0.25) is 0 Å². The van der Waals surface area contributed by atoms with Crippen molar-refractivity contribution in [3.05, 3.63) is 276 Å². The molecule has 0 aliphatic heterocycles. The van der Waals surface area contributed by atoms with Crippen molar-refractivity contribution >= 4 is 43.5 Å². The Hall–Kier alpha value is -9.44. The summed E-state index contributed by atoms with van der Waals surface area (Å²) in [6, 6.07) is 79.1. The Kier molecular flexibility index (Phi) is 10.7. The van der Waals surface area contributed by atoms with E-state index in [2.05, 4.69) is 255 Å². The molecule has 0 N–H and O–H groups in total. The highest BCUT2D eigenvalue weighted by Gasteiger charge is 2.36. The Morgan fingerprint density at radius 1 is 0.425 bits per heavy atom. The van der Waals surface area contributed by atoms with Gasteiger partial charge in [0.05, 0.1) is 22.9 Å². The number of rotatable bonds is 7. The Morgan fingerprint density at radius 3 is 1.86 bits per heavy atom. The Balaban J connectivity index is 0.818. The average molecular weight is 1020 g/mol. The van der Waals surface area contributed by atoms with Crippen LogP contribution in [0.3, 0.4) is 0 Å². The summed E-state index contributed by atoms with van der Waals surface area (Å²) < 4.78 is 2.54. The summed E-state index contributed by atoms with van der Waals surface area (Å²) >= 11 is 0. The van der Waals surface area contributed by atoms with E-state index in [-0.39, 0.29) is 11.5 Å². The number of aromatic nitrogens is 3. The predicted molar refractivity (Wildman–Crippen MR) is 335 cm³/mol. The van der Waals surface area contributed by atoms with Crippen molar-refractivity contribution in [2.24, 2.45) is 0 Å². The molecule has 9 aromatic carbocycles. The highest BCUT2D eigenvalue weighted by atomic mass is 15.1. The third-order valence-corrected chi connectivity index (χ3v) is 18.2. The lowest BCUT2D eigenvalue weighted by molar-refractivity contribution is 0.582. The number of nitrogens with zero attached hydrogens (tertiary/aromatic N) is 3. The van der Waals surface area contributed by atoms with E-state index in [1.165, 1.54) is 105 Å². The second-order valence-corrected chi connectivity index (χ2v) is 22.9. The van der Waals surface area contributed by atoms with Gasteiger partial charge >= 0.3 is 0 Å². The molecule has 0 spiro atoms. The summed E-state index contributed by atoms with van der Waals surface area (Å²) in [7, 11) is 0. The third kappa shape index (κ3) is 7.33. The summed E-state index contributed by atoms with van der Waals surface area (Å²) in [5, 5.41) is 7.34. The van der Waals surface area contributed by atoms with E-state index in [1.54, 1.807) is 11.1 Å². The van der Waals surface area contributed by atoms with E-state index in [0.29, 0.717) is 0 Å². The number of hydrogen-bond acceptors (Lipinski definition) is 2. The molecule has 0 radical (unpaired) electrons. The maximum absolute atomic E-state index is 5.44. The van der Waals surface area contributed by atoms with Crippen molar-refractivity contribution in [1.82, 2.24) is 14.5 Å². The molecule has 0 fully saturated rings. The SMILES string of the molecule is CC1(C)c2ccccc2-c2cc(-c3c4ccccc4c(-c4cccc(-c5ccccc5)c4)c4ccc(-c5cccc(-c6cccc(-c7ccc8c(c7)c7cccnc7n8C7CC8=C(CCC=C8)C8=C7C=CCC8)n6)c5)cc34)ccc21. The molecule has 0 saturated heterocycles. The fourth-order valence-corrected chi connectivity index (χ4v) is 14.4. The minimum absolute atomic E-state index is 0.0815. The molecule has 80 heavy (non-hydrogen) atoms. The highest BCUT2D eigenvalue weighted by molar-refractivity contribution is 6.22. The summed E-state index contributed by atoms with van der Waals surface area (Å²) in [6.07, 6.45) is 17.0. The van der Waals surface area contributed by atoms with E-state index in [1.807, 2.05) is 6.20 Å². The summed E-state index contributed by atoms with van der Waals surface area (Å²) in [5.41, 5.74) is 27.5. The Bertz CT molecular complexity index is 4710. The minimum Gasteiger partial charge on any atom is -0.317 e. The smallest absolute Gasteiger partial charge is 0.141 e. The fourth-order valence-electron chi connectivity index (χ4n) is 14.4. The van der Waals surface area contributed by atoms with Crippen molar-refractivity contribution in [2.75, 3.05) is 0 Å². The van der Waals surface area contributed by atoms with Crippen molar-refractivity contribution in [2.45, 2.75) is 57.4 Å². The molecular weight excluding hydrogens is 967 g/mol. The van der Waals surface area contributed by atoms with Crippen LogP contribution in [0.25, 0.3) is 122 Å². The molecular formula is C77H57N3. The molecule has 1 atom stereocenters. The molecule has 0 bridgehead atoms. The lowest BCUT2D eigenvalue weighted by atomic mass is 9.75. The van der Waals surface area contributed by atoms with Gasteiger partial charge < -0.3 is 4.57 Å². The second-order valence-electron chi connectivity index (χ2n) is 22.9. The number of allylic oxidation sites excluding steroid dienone is 8. The van der Waals surface area contributed by atoms with E-state index < -0.39 is 0 Å².